The van der Waals surface area contributed by atoms with Gasteiger partial charge in [0.2, 0.25) is 11.8 Å². The minimum Gasteiger partial charge on any atom is -0.356 e. The van der Waals surface area contributed by atoms with Crippen LogP contribution in [0, 0.1) is 5.92 Å². The second-order valence-electron chi connectivity index (χ2n) is 6.58. The van der Waals surface area contributed by atoms with Crippen molar-refractivity contribution >= 4 is 23.6 Å². The first-order chi connectivity index (χ1) is 11.2. The Kier molecular flexibility index (Phi) is 8.23. The molecule has 0 radical (unpaired) electrons. The number of nitrogens with zero attached hydrogens (tertiary/aromatic N) is 1. The third kappa shape index (κ3) is 6.34. The van der Waals surface area contributed by atoms with Crippen LogP contribution in [0.5, 0.6) is 0 Å². The Hall–Kier alpha value is -0.750. The lowest BCUT2D eigenvalue weighted by atomic mass is 9.95. The summed E-state index contributed by atoms with van der Waals surface area (Å²) < 4.78 is 0. The molecule has 2 saturated heterocycles. The Morgan fingerprint density at radius 2 is 2.04 bits per heavy atom. The molecule has 2 heterocycles. The van der Waals surface area contributed by atoms with E-state index in [1.807, 2.05) is 16.7 Å². The quantitative estimate of drug-likeness (QED) is 0.691. The molecular formula is C17H31N3O2S. The molecule has 2 amide bonds. The summed E-state index contributed by atoms with van der Waals surface area (Å²) in [5, 5.41) is 6.46. The highest BCUT2D eigenvalue weighted by molar-refractivity contribution is 7.99. The molecule has 1 atom stereocenters. The molecule has 2 fully saturated rings. The maximum absolute atomic E-state index is 12.4. The molecule has 2 aliphatic rings. The maximum atomic E-state index is 12.4. The van der Waals surface area contributed by atoms with Gasteiger partial charge in [-0.1, -0.05) is 19.8 Å². The third-order valence-electron chi connectivity index (χ3n) is 4.72. The summed E-state index contributed by atoms with van der Waals surface area (Å²) in [4.78, 5) is 26.4. The van der Waals surface area contributed by atoms with Gasteiger partial charge in [0, 0.05) is 56.1 Å². The Labute approximate surface area is 144 Å². The van der Waals surface area contributed by atoms with Crippen LogP contribution in [0.2, 0.25) is 0 Å². The third-order valence-corrected chi connectivity index (χ3v) is 5.85. The van der Waals surface area contributed by atoms with E-state index in [0.717, 1.165) is 56.9 Å². The minimum atomic E-state index is 0.0871. The Balaban J connectivity index is 1.64. The fourth-order valence-electron chi connectivity index (χ4n) is 3.21. The SMILES string of the molecule is CCCCCNC(=O)C1CCN(C(=O)CC2CSCCN2)CC1. The van der Waals surface area contributed by atoms with Gasteiger partial charge in [-0.05, 0) is 19.3 Å². The van der Waals surface area contributed by atoms with Gasteiger partial charge >= 0.3 is 0 Å². The van der Waals surface area contributed by atoms with Crippen molar-refractivity contribution in [1.82, 2.24) is 15.5 Å². The summed E-state index contributed by atoms with van der Waals surface area (Å²) >= 11 is 1.92. The Bertz CT molecular complexity index is 378. The molecule has 23 heavy (non-hydrogen) atoms. The number of carbonyl (C=O) groups is 2. The molecule has 6 heteroatoms. The van der Waals surface area contributed by atoms with Crippen molar-refractivity contribution in [2.24, 2.45) is 5.92 Å². The lowest BCUT2D eigenvalue weighted by molar-refractivity contribution is -0.136. The Morgan fingerprint density at radius 1 is 1.26 bits per heavy atom. The number of thioether (sulfide) groups is 1. The van der Waals surface area contributed by atoms with Crippen molar-refractivity contribution in [2.75, 3.05) is 37.7 Å². The minimum absolute atomic E-state index is 0.0871. The van der Waals surface area contributed by atoms with E-state index in [1.54, 1.807) is 0 Å². The van der Waals surface area contributed by atoms with E-state index >= 15 is 0 Å². The topological polar surface area (TPSA) is 61.4 Å². The van der Waals surface area contributed by atoms with Gasteiger partial charge in [-0.3, -0.25) is 9.59 Å². The van der Waals surface area contributed by atoms with Gasteiger partial charge in [0.1, 0.15) is 0 Å². The van der Waals surface area contributed by atoms with Crippen LogP contribution in [-0.4, -0.2) is 60.4 Å². The fraction of sp³-hybridized carbons (Fsp3) is 0.882. The van der Waals surface area contributed by atoms with Crippen LogP contribution < -0.4 is 10.6 Å². The number of hydrogen-bond donors (Lipinski definition) is 2. The molecule has 0 aromatic rings. The molecule has 5 nitrogen and oxygen atoms in total. The van der Waals surface area contributed by atoms with Gasteiger partial charge in [-0.2, -0.15) is 11.8 Å². The molecule has 132 valence electrons. The molecular weight excluding hydrogens is 310 g/mol. The number of piperidine rings is 1. The van der Waals surface area contributed by atoms with Crippen LogP contribution in [0.25, 0.3) is 0 Å². The first kappa shape index (κ1) is 18.6. The first-order valence-corrected chi connectivity index (χ1v) is 10.2. The van der Waals surface area contributed by atoms with E-state index in [2.05, 4.69) is 17.6 Å². The zero-order valence-electron chi connectivity index (χ0n) is 14.3. The summed E-state index contributed by atoms with van der Waals surface area (Å²) in [6.07, 6.45) is 5.61. The lowest BCUT2D eigenvalue weighted by Crippen LogP contribution is -2.46. The van der Waals surface area contributed by atoms with Crippen LogP contribution >= 0.6 is 11.8 Å². The number of likely N-dealkylation sites (tertiary alicyclic amines) is 1. The average Bonchev–Trinajstić information content (AvgIpc) is 2.59. The zero-order valence-corrected chi connectivity index (χ0v) is 15.1. The van der Waals surface area contributed by atoms with Gasteiger partial charge in [-0.25, -0.2) is 0 Å². The standard InChI is InChI=1S/C17H31N3O2S/c1-2-3-4-7-19-17(22)14-5-9-20(10-6-14)16(21)12-15-13-23-11-8-18-15/h14-15,18H,2-13H2,1H3,(H,19,22). The van der Waals surface area contributed by atoms with Crippen LogP contribution in [0.3, 0.4) is 0 Å². The predicted molar refractivity (Wildman–Crippen MR) is 95.6 cm³/mol. The molecule has 0 aliphatic carbocycles. The number of nitrogens with one attached hydrogen (secondary N) is 2. The van der Waals surface area contributed by atoms with Gasteiger partial charge in [0.15, 0.2) is 0 Å². The van der Waals surface area contributed by atoms with Crippen molar-refractivity contribution < 1.29 is 9.59 Å². The van der Waals surface area contributed by atoms with Gasteiger partial charge in [-0.15, -0.1) is 0 Å². The largest absolute Gasteiger partial charge is 0.356 e. The molecule has 2 aliphatic heterocycles. The summed E-state index contributed by atoms with van der Waals surface area (Å²) in [5.41, 5.74) is 0. The average molecular weight is 342 g/mol. The zero-order chi connectivity index (χ0) is 16.5. The van der Waals surface area contributed by atoms with Crippen LogP contribution in [0.4, 0.5) is 0 Å². The van der Waals surface area contributed by atoms with Gasteiger partial charge in [0.25, 0.3) is 0 Å². The van der Waals surface area contributed by atoms with E-state index in [1.165, 1.54) is 12.8 Å². The summed E-state index contributed by atoms with van der Waals surface area (Å²) in [5.74, 6) is 2.68. The lowest BCUT2D eigenvalue weighted by Gasteiger charge is -2.33. The van der Waals surface area contributed by atoms with E-state index in [-0.39, 0.29) is 17.7 Å². The monoisotopic (exact) mass is 341 g/mol. The second-order valence-corrected chi connectivity index (χ2v) is 7.73. The first-order valence-electron chi connectivity index (χ1n) is 9.07. The van der Waals surface area contributed by atoms with Crippen molar-refractivity contribution in [3.8, 4) is 0 Å². The van der Waals surface area contributed by atoms with E-state index in [4.69, 9.17) is 0 Å². The maximum Gasteiger partial charge on any atom is 0.224 e. The van der Waals surface area contributed by atoms with Crippen LogP contribution in [0.15, 0.2) is 0 Å². The van der Waals surface area contributed by atoms with E-state index in [9.17, 15) is 9.59 Å². The number of unbranched alkanes of at least 4 members (excludes halogenated alkanes) is 2. The summed E-state index contributed by atoms with van der Waals surface area (Å²) in [7, 11) is 0. The summed E-state index contributed by atoms with van der Waals surface area (Å²) in [6.45, 7) is 5.41. The number of rotatable bonds is 7. The number of carbonyl (C=O) groups excluding carboxylic acids is 2. The number of hydrogen-bond acceptors (Lipinski definition) is 4. The second kappa shape index (κ2) is 10.2. The van der Waals surface area contributed by atoms with Gasteiger partial charge < -0.3 is 15.5 Å². The predicted octanol–water partition coefficient (Wildman–Crippen LogP) is 1.63. The van der Waals surface area contributed by atoms with E-state index < -0.39 is 0 Å². The highest BCUT2D eigenvalue weighted by Gasteiger charge is 2.28. The van der Waals surface area contributed by atoms with E-state index in [0.29, 0.717) is 12.5 Å². The highest BCUT2D eigenvalue weighted by atomic mass is 32.2. The fourth-order valence-corrected chi connectivity index (χ4v) is 4.16. The Morgan fingerprint density at radius 3 is 2.70 bits per heavy atom. The van der Waals surface area contributed by atoms with Gasteiger partial charge in [0.05, 0.1) is 0 Å². The van der Waals surface area contributed by atoms with Crippen molar-refractivity contribution in [1.29, 1.82) is 0 Å². The van der Waals surface area contributed by atoms with Crippen molar-refractivity contribution in [3.63, 3.8) is 0 Å². The molecule has 0 aromatic heterocycles. The van der Waals surface area contributed by atoms with Crippen LogP contribution in [0.1, 0.15) is 45.4 Å². The number of amides is 2. The molecule has 2 rings (SSSR count). The normalized spacial score (nSPS) is 22.8. The highest BCUT2D eigenvalue weighted by Crippen LogP contribution is 2.19. The molecule has 0 spiro atoms. The molecule has 1 unspecified atom stereocenters. The van der Waals surface area contributed by atoms with Crippen molar-refractivity contribution in [3.05, 3.63) is 0 Å². The molecule has 0 aromatic carbocycles. The summed E-state index contributed by atoms with van der Waals surface area (Å²) in [6, 6.07) is 0.320. The molecule has 0 saturated carbocycles. The van der Waals surface area contributed by atoms with Crippen molar-refractivity contribution in [2.45, 2.75) is 51.5 Å². The molecule has 2 N–H and O–H groups in total. The molecule has 0 bridgehead atoms. The van der Waals surface area contributed by atoms with Crippen LogP contribution in [-0.2, 0) is 9.59 Å². The smallest absolute Gasteiger partial charge is 0.224 e.